The summed E-state index contributed by atoms with van der Waals surface area (Å²) in [6.07, 6.45) is 0.658. The second-order valence-electron chi connectivity index (χ2n) is 4.51. The van der Waals surface area contributed by atoms with Gasteiger partial charge in [0.05, 0.1) is 24.4 Å². The molecule has 1 atom stereocenters. The van der Waals surface area contributed by atoms with Crippen molar-refractivity contribution in [2.45, 2.75) is 19.4 Å². The third-order valence-electron chi connectivity index (χ3n) is 2.86. The van der Waals surface area contributed by atoms with E-state index in [1.165, 1.54) is 6.20 Å². The van der Waals surface area contributed by atoms with Crippen molar-refractivity contribution in [3.8, 4) is 0 Å². The van der Waals surface area contributed by atoms with Crippen molar-refractivity contribution in [2.24, 2.45) is 0 Å². The number of carbonyl (C=O) groups excluding carboxylic acids is 1. The van der Waals surface area contributed by atoms with Crippen molar-refractivity contribution in [1.29, 1.82) is 0 Å². The van der Waals surface area contributed by atoms with Crippen molar-refractivity contribution < 1.29 is 9.90 Å². The highest BCUT2D eigenvalue weighted by molar-refractivity contribution is 6.30. The van der Waals surface area contributed by atoms with Crippen LogP contribution in [0.2, 0.25) is 5.15 Å². The maximum Gasteiger partial charge on any atom is 0.227 e. The van der Waals surface area contributed by atoms with Gasteiger partial charge in [0.15, 0.2) is 0 Å². The van der Waals surface area contributed by atoms with E-state index in [9.17, 15) is 9.90 Å². The maximum atomic E-state index is 11.9. The Hall–Kier alpha value is -1.91. The molecule has 0 bridgehead atoms. The second-order valence-corrected chi connectivity index (χ2v) is 4.87. The number of aliphatic hydroxyl groups excluding tert-OH is 1. The number of carbonyl (C=O) groups is 1. The Morgan fingerprint density at radius 3 is 2.75 bits per heavy atom. The average Bonchev–Trinajstić information content (AvgIpc) is 2.44. The normalized spacial score (nSPS) is 11.9. The standard InChI is InChI=1S/C15H15ClN2O2/c1-10-7-12(9-17-15(10)16)18-14(20)8-13(19)11-5-3-2-4-6-11/h2-7,9,13,19H,8H2,1H3,(H,18,20). The van der Waals surface area contributed by atoms with E-state index in [0.717, 1.165) is 5.56 Å². The molecule has 0 fully saturated rings. The van der Waals surface area contributed by atoms with Gasteiger partial charge >= 0.3 is 0 Å². The van der Waals surface area contributed by atoms with Gasteiger partial charge in [0, 0.05) is 0 Å². The average molecular weight is 291 g/mol. The van der Waals surface area contributed by atoms with Crippen molar-refractivity contribution in [3.63, 3.8) is 0 Å². The minimum Gasteiger partial charge on any atom is -0.388 e. The van der Waals surface area contributed by atoms with Crippen LogP contribution in [0.3, 0.4) is 0 Å². The molecule has 4 nitrogen and oxygen atoms in total. The van der Waals surface area contributed by atoms with Crippen LogP contribution < -0.4 is 5.32 Å². The number of hydrogen-bond acceptors (Lipinski definition) is 3. The molecule has 0 saturated heterocycles. The molecule has 0 aliphatic rings. The van der Waals surface area contributed by atoms with Gasteiger partial charge in [0.25, 0.3) is 0 Å². The fourth-order valence-electron chi connectivity index (χ4n) is 1.81. The summed E-state index contributed by atoms with van der Waals surface area (Å²) in [7, 11) is 0. The number of anilines is 1. The maximum absolute atomic E-state index is 11.9. The lowest BCUT2D eigenvalue weighted by Crippen LogP contribution is -2.15. The van der Waals surface area contributed by atoms with E-state index in [0.29, 0.717) is 16.4 Å². The predicted molar refractivity (Wildman–Crippen MR) is 78.6 cm³/mol. The number of aliphatic hydroxyl groups is 1. The lowest BCUT2D eigenvalue weighted by atomic mass is 10.1. The number of rotatable bonds is 4. The molecule has 104 valence electrons. The molecular formula is C15H15ClN2O2. The third kappa shape index (κ3) is 3.79. The number of hydrogen-bond donors (Lipinski definition) is 2. The Morgan fingerprint density at radius 2 is 2.10 bits per heavy atom. The van der Waals surface area contributed by atoms with Gasteiger partial charge in [-0.2, -0.15) is 0 Å². The zero-order chi connectivity index (χ0) is 14.5. The number of nitrogens with zero attached hydrogens (tertiary/aromatic N) is 1. The number of amides is 1. The summed E-state index contributed by atoms with van der Waals surface area (Å²) in [4.78, 5) is 15.8. The monoisotopic (exact) mass is 290 g/mol. The van der Waals surface area contributed by atoms with Crippen LogP contribution in [0.4, 0.5) is 5.69 Å². The van der Waals surface area contributed by atoms with Crippen LogP contribution in [0.15, 0.2) is 42.6 Å². The number of pyridine rings is 1. The van der Waals surface area contributed by atoms with Gasteiger partial charge in [-0.15, -0.1) is 0 Å². The highest BCUT2D eigenvalue weighted by Crippen LogP contribution is 2.19. The lowest BCUT2D eigenvalue weighted by Gasteiger charge is -2.11. The first kappa shape index (κ1) is 14.5. The molecule has 0 radical (unpaired) electrons. The second kappa shape index (κ2) is 6.50. The van der Waals surface area contributed by atoms with Crippen LogP contribution >= 0.6 is 11.6 Å². The summed E-state index contributed by atoms with van der Waals surface area (Å²) >= 11 is 5.82. The first-order chi connectivity index (χ1) is 9.56. The van der Waals surface area contributed by atoms with Crippen LogP contribution in [0.25, 0.3) is 0 Å². The Balaban J connectivity index is 1.97. The van der Waals surface area contributed by atoms with Gasteiger partial charge in [-0.1, -0.05) is 41.9 Å². The molecule has 0 spiro atoms. The largest absolute Gasteiger partial charge is 0.388 e. The van der Waals surface area contributed by atoms with E-state index in [2.05, 4.69) is 10.3 Å². The van der Waals surface area contributed by atoms with Gasteiger partial charge in [0.1, 0.15) is 5.15 Å². The van der Waals surface area contributed by atoms with E-state index < -0.39 is 6.10 Å². The van der Waals surface area contributed by atoms with Crippen LogP contribution in [-0.2, 0) is 4.79 Å². The Morgan fingerprint density at radius 1 is 1.40 bits per heavy atom. The number of halogens is 1. The van der Waals surface area contributed by atoms with E-state index in [-0.39, 0.29) is 12.3 Å². The number of benzene rings is 1. The summed E-state index contributed by atoms with van der Waals surface area (Å²) in [6, 6.07) is 10.8. The molecule has 0 aliphatic heterocycles. The van der Waals surface area contributed by atoms with E-state index in [1.807, 2.05) is 25.1 Å². The summed E-state index contributed by atoms with van der Waals surface area (Å²) < 4.78 is 0. The molecule has 1 aromatic heterocycles. The number of aromatic nitrogens is 1. The van der Waals surface area contributed by atoms with Crippen molar-refractivity contribution in [1.82, 2.24) is 4.98 Å². The Kier molecular flexibility index (Phi) is 4.71. The first-order valence-corrected chi connectivity index (χ1v) is 6.59. The van der Waals surface area contributed by atoms with Crippen molar-refractivity contribution in [3.05, 3.63) is 58.9 Å². The minimum atomic E-state index is -0.822. The summed E-state index contributed by atoms with van der Waals surface area (Å²) in [5.41, 5.74) is 2.07. The van der Waals surface area contributed by atoms with E-state index >= 15 is 0 Å². The molecule has 1 heterocycles. The Bertz CT molecular complexity index is 602. The Labute approximate surface area is 122 Å². The molecule has 0 saturated carbocycles. The summed E-state index contributed by atoms with van der Waals surface area (Å²) in [6.45, 7) is 1.81. The quantitative estimate of drug-likeness (QED) is 0.851. The SMILES string of the molecule is Cc1cc(NC(=O)CC(O)c2ccccc2)cnc1Cl. The molecule has 1 unspecified atom stereocenters. The predicted octanol–water partition coefficient (Wildman–Crippen LogP) is 3.11. The van der Waals surface area contributed by atoms with Crippen molar-refractivity contribution in [2.75, 3.05) is 5.32 Å². The third-order valence-corrected chi connectivity index (χ3v) is 3.26. The smallest absolute Gasteiger partial charge is 0.227 e. The highest BCUT2D eigenvalue weighted by Gasteiger charge is 2.13. The minimum absolute atomic E-state index is 0.00825. The fraction of sp³-hybridized carbons (Fsp3) is 0.200. The highest BCUT2D eigenvalue weighted by atomic mass is 35.5. The topological polar surface area (TPSA) is 62.2 Å². The van der Waals surface area contributed by atoms with Gasteiger partial charge in [-0.05, 0) is 24.1 Å². The zero-order valence-corrected chi connectivity index (χ0v) is 11.8. The van der Waals surface area contributed by atoms with Crippen LogP contribution in [-0.4, -0.2) is 16.0 Å². The molecule has 1 amide bonds. The molecule has 2 N–H and O–H groups in total. The van der Waals surface area contributed by atoms with Gasteiger partial charge < -0.3 is 10.4 Å². The molecule has 2 aromatic rings. The fourth-order valence-corrected chi connectivity index (χ4v) is 1.91. The summed E-state index contributed by atoms with van der Waals surface area (Å²) in [5, 5.41) is 13.1. The lowest BCUT2D eigenvalue weighted by molar-refractivity contribution is -0.118. The van der Waals surface area contributed by atoms with Crippen LogP contribution in [0, 0.1) is 6.92 Å². The van der Waals surface area contributed by atoms with Crippen LogP contribution in [0.5, 0.6) is 0 Å². The first-order valence-electron chi connectivity index (χ1n) is 6.21. The van der Waals surface area contributed by atoms with Gasteiger partial charge in [-0.25, -0.2) is 4.98 Å². The number of aryl methyl sites for hydroxylation is 1. The molecule has 0 aliphatic carbocycles. The van der Waals surface area contributed by atoms with E-state index in [4.69, 9.17) is 11.6 Å². The molecule has 1 aromatic carbocycles. The molecular weight excluding hydrogens is 276 g/mol. The van der Waals surface area contributed by atoms with Gasteiger partial charge in [0.2, 0.25) is 5.91 Å². The zero-order valence-electron chi connectivity index (χ0n) is 11.0. The van der Waals surface area contributed by atoms with Gasteiger partial charge in [-0.3, -0.25) is 4.79 Å². The molecule has 2 rings (SSSR count). The van der Waals surface area contributed by atoms with E-state index in [1.54, 1.807) is 18.2 Å². The summed E-state index contributed by atoms with van der Waals surface area (Å²) in [5.74, 6) is -0.273. The van der Waals surface area contributed by atoms with Crippen molar-refractivity contribution >= 4 is 23.2 Å². The molecule has 20 heavy (non-hydrogen) atoms. The number of nitrogens with one attached hydrogen (secondary N) is 1. The molecule has 5 heteroatoms. The van der Waals surface area contributed by atoms with Crippen LogP contribution in [0.1, 0.15) is 23.7 Å².